The Hall–Kier alpha value is -0.0800. The third kappa shape index (κ3) is 5.39. The summed E-state index contributed by atoms with van der Waals surface area (Å²) in [6, 6.07) is 0.822. The highest BCUT2D eigenvalue weighted by atomic mass is 15.2. The minimum Gasteiger partial charge on any atom is -0.330 e. The van der Waals surface area contributed by atoms with Crippen LogP contribution in [0.3, 0.4) is 0 Å². The lowest BCUT2D eigenvalue weighted by molar-refractivity contribution is 0.121. The Morgan fingerprint density at radius 1 is 1.12 bits per heavy atom. The fraction of sp³-hybridized carbons (Fsp3) is 1.00. The van der Waals surface area contributed by atoms with Crippen LogP contribution in [0.25, 0.3) is 0 Å². The standard InChI is InChI=1S/C15H32N2/c1-4-11-17(13-15(2,3)12-16)14-9-7-5-6-8-10-14/h14H,4-13,16H2,1-3H3. The van der Waals surface area contributed by atoms with Gasteiger partial charge in [0.15, 0.2) is 0 Å². The van der Waals surface area contributed by atoms with Crippen LogP contribution in [0.5, 0.6) is 0 Å². The Morgan fingerprint density at radius 3 is 2.18 bits per heavy atom. The van der Waals surface area contributed by atoms with Crippen molar-refractivity contribution in [2.45, 2.75) is 71.8 Å². The smallest absolute Gasteiger partial charge is 0.00954 e. The van der Waals surface area contributed by atoms with Gasteiger partial charge in [-0.3, -0.25) is 4.90 Å². The van der Waals surface area contributed by atoms with Crippen molar-refractivity contribution >= 4 is 0 Å². The van der Waals surface area contributed by atoms with Gasteiger partial charge in [-0.05, 0) is 37.8 Å². The third-order valence-electron chi connectivity index (χ3n) is 4.04. The Bertz CT molecular complexity index is 193. The van der Waals surface area contributed by atoms with Gasteiger partial charge in [0.2, 0.25) is 0 Å². The zero-order valence-corrected chi connectivity index (χ0v) is 12.2. The van der Waals surface area contributed by atoms with E-state index < -0.39 is 0 Å². The van der Waals surface area contributed by atoms with E-state index in [-0.39, 0.29) is 5.41 Å². The van der Waals surface area contributed by atoms with Gasteiger partial charge in [0.05, 0.1) is 0 Å². The summed E-state index contributed by atoms with van der Waals surface area (Å²) in [5.41, 5.74) is 6.15. The molecule has 2 heteroatoms. The van der Waals surface area contributed by atoms with E-state index in [2.05, 4.69) is 25.7 Å². The van der Waals surface area contributed by atoms with E-state index in [1.807, 2.05) is 0 Å². The molecule has 0 spiro atoms. The lowest BCUT2D eigenvalue weighted by Crippen LogP contribution is -2.44. The average molecular weight is 240 g/mol. The minimum atomic E-state index is 0.265. The predicted octanol–water partition coefficient (Wildman–Crippen LogP) is 3.41. The first-order valence-electron chi connectivity index (χ1n) is 7.53. The maximum absolute atomic E-state index is 5.88. The van der Waals surface area contributed by atoms with Gasteiger partial charge in [0.25, 0.3) is 0 Å². The molecule has 0 aliphatic heterocycles. The SMILES string of the molecule is CCCN(CC(C)(C)CN)C1CCCCCC1. The summed E-state index contributed by atoms with van der Waals surface area (Å²) in [5, 5.41) is 0. The van der Waals surface area contributed by atoms with Crippen molar-refractivity contribution < 1.29 is 0 Å². The summed E-state index contributed by atoms with van der Waals surface area (Å²) in [4.78, 5) is 2.72. The molecule has 0 amide bonds. The van der Waals surface area contributed by atoms with Crippen LogP contribution in [-0.2, 0) is 0 Å². The molecule has 1 aliphatic rings. The van der Waals surface area contributed by atoms with Gasteiger partial charge in [0, 0.05) is 12.6 Å². The molecule has 1 aliphatic carbocycles. The molecule has 2 nitrogen and oxygen atoms in total. The number of nitrogens with zero attached hydrogens (tertiary/aromatic N) is 1. The molecule has 1 rings (SSSR count). The molecule has 0 aromatic carbocycles. The van der Waals surface area contributed by atoms with E-state index in [9.17, 15) is 0 Å². The molecule has 0 bridgehead atoms. The monoisotopic (exact) mass is 240 g/mol. The lowest BCUT2D eigenvalue weighted by atomic mass is 9.91. The highest BCUT2D eigenvalue weighted by Crippen LogP contribution is 2.25. The Kier molecular flexibility index (Phi) is 6.50. The zero-order valence-electron chi connectivity index (χ0n) is 12.2. The summed E-state index contributed by atoms with van der Waals surface area (Å²) in [6.45, 7) is 10.1. The van der Waals surface area contributed by atoms with E-state index in [1.54, 1.807) is 0 Å². The van der Waals surface area contributed by atoms with Crippen LogP contribution in [0, 0.1) is 5.41 Å². The van der Waals surface area contributed by atoms with Gasteiger partial charge >= 0.3 is 0 Å². The van der Waals surface area contributed by atoms with E-state index in [0.717, 1.165) is 12.6 Å². The Labute approximate surface area is 108 Å². The van der Waals surface area contributed by atoms with Gasteiger partial charge in [-0.2, -0.15) is 0 Å². The van der Waals surface area contributed by atoms with Crippen molar-refractivity contribution in [3.05, 3.63) is 0 Å². The molecule has 1 saturated carbocycles. The van der Waals surface area contributed by atoms with Gasteiger partial charge in [0.1, 0.15) is 0 Å². The summed E-state index contributed by atoms with van der Waals surface area (Å²) in [5.74, 6) is 0. The van der Waals surface area contributed by atoms with Gasteiger partial charge in [-0.15, -0.1) is 0 Å². The second-order valence-electron chi connectivity index (χ2n) is 6.48. The quantitative estimate of drug-likeness (QED) is 0.721. The number of rotatable bonds is 6. The van der Waals surface area contributed by atoms with E-state index in [1.165, 1.54) is 58.0 Å². The second-order valence-corrected chi connectivity index (χ2v) is 6.48. The van der Waals surface area contributed by atoms with Crippen LogP contribution >= 0.6 is 0 Å². The molecule has 0 heterocycles. The first-order valence-corrected chi connectivity index (χ1v) is 7.53. The second kappa shape index (κ2) is 7.38. The predicted molar refractivity (Wildman–Crippen MR) is 76.2 cm³/mol. The highest BCUT2D eigenvalue weighted by molar-refractivity contribution is 4.81. The molecule has 1 fully saturated rings. The summed E-state index contributed by atoms with van der Waals surface area (Å²) in [6.07, 6.45) is 9.80. The van der Waals surface area contributed by atoms with Gasteiger partial charge in [-0.1, -0.05) is 46.5 Å². The van der Waals surface area contributed by atoms with Crippen LogP contribution in [0.2, 0.25) is 0 Å². The van der Waals surface area contributed by atoms with Crippen molar-refractivity contribution in [3.63, 3.8) is 0 Å². The van der Waals surface area contributed by atoms with E-state index >= 15 is 0 Å². The molecule has 102 valence electrons. The van der Waals surface area contributed by atoms with Crippen LogP contribution < -0.4 is 5.73 Å². The van der Waals surface area contributed by atoms with E-state index in [4.69, 9.17) is 5.73 Å². The van der Waals surface area contributed by atoms with Crippen molar-refractivity contribution in [3.8, 4) is 0 Å². The molecule has 0 unspecified atom stereocenters. The largest absolute Gasteiger partial charge is 0.330 e. The molecule has 2 N–H and O–H groups in total. The molecule has 0 aromatic heterocycles. The summed E-state index contributed by atoms with van der Waals surface area (Å²) in [7, 11) is 0. The Balaban J connectivity index is 2.56. The van der Waals surface area contributed by atoms with Crippen LogP contribution in [0.1, 0.15) is 65.7 Å². The first-order chi connectivity index (χ1) is 8.09. The molecular formula is C15H32N2. The lowest BCUT2D eigenvalue weighted by Gasteiger charge is -2.37. The summed E-state index contributed by atoms with van der Waals surface area (Å²) >= 11 is 0. The molecule has 0 saturated heterocycles. The zero-order chi connectivity index (χ0) is 12.7. The average Bonchev–Trinajstić information content (AvgIpc) is 2.57. The Morgan fingerprint density at radius 2 is 1.71 bits per heavy atom. The fourth-order valence-corrected chi connectivity index (χ4v) is 2.92. The number of nitrogens with two attached hydrogens (primary N) is 1. The third-order valence-corrected chi connectivity index (χ3v) is 4.04. The maximum atomic E-state index is 5.88. The maximum Gasteiger partial charge on any atom is 0.00954 e. The highest BCUT2D eigenvalue weighted by Gasteiger charge is 2.25. The fourth-order valence-electron chi connectivity index (χ4n) is 2.92. The van der Waals surface area contributed by atoms with E-state index in [0.29, 0.717) is 0 Å². The van der Waals surface area contributed by atoms with Crippen molar-refractivity contribution in [1.82, 2.24) is 4.90 Å². The minimum absolute atomic E-state index is 0.265. The van der Waals surface area contributed by atoms with Crippen molar-refractivity contribution in [1.29, 1.82) is 0 Å². The normalized spacial score (nSPS) is 19.6. The summed E-state index contributed by atoms with van der Waals surface area (Å²) < 4.78 is 0. The van der Waals surface area contributed by atoms with Gasteiger partial charge in [-0.25, -0.2) is 0 Å². The van der Waals surface area contributed by atoms with Crippen LogP contribution in [0.4, 0.5) is 0 Å². The topological polar surface area (TPSA) is 29.3 Å². The molecule has 0 atom stereocenters. The van der Waals surface area contributed by atoms with Crippen LogP contribution in [0.15, 0.2) is 0 Å². The first kappa shape index (κ1) is 15.0. The number of hydrogen-bond donors (Lipinski definition) is 1. The molecule has 0 radical (unpaired) electrons. The molecule has 17 heavy (non-hydrogen) atoms. The number of hydrogen-bond acceptors (Lipinski definition) is 2. The van der Waals surface area contributed by atoms with Gasteiger partial charge < -0.3 is 5.73 Å². The van der Waals surface area contributed by atoms with Crippen LogP contribution in [-0.4, -0.2) is 30.6 Å². The molecule has 0 aromatic rings. The van der Waals surface area contributed by atoms with Crippen molar-refractivity contribution in [2.24, 2.45) is 11.1 Å². The van der Waals surface area contributed by atoms with Crippen molar-refractivity contribution in [2.75, 3.05) is 19.6 Å². The molecular weight excluding hydrogens is 208 g/mol.